The minimum absolute atomic E-state index is 0. The van der Waals surface area contributed by atoms with Gasteiger partial charge in [-0.25, -0.2) is 0 Å². The third kappa shape index (κ3) is 5.97. The Labute approximate surface area is 321 Å². The van der Waals surface area contributed by atoms with Crippen LogP contribution in [0.3, 0.4) is 0 Å². The molecule has 2 amide bonds. The molecule has 0 bridgehead atoms. The maximum atomic E-state index is 14.8. The van der Waals surface area contributed by atoms with E-state index in [4.69, 9.17) is 0 Å². The maximum Gasteiger partial charge on any atom is 1.00 e. The number of aliphatic carboxylic acids is 1. The summed E-state index contributed by atoms with van der Waals surface area (Å²) in [7, 11) is 0. The Kier molecular flexibility index (Phi) is 10.7. The number of allylic oxidation sites excluding steroid dienone is 2. The van der Waals surface area contributed by atoms with Crippen LogP contribution >= 0.6 is 0 Å². The normalized spacial score (nSPS) is 42.9. The molecule has 0 aliphatic heterocycles. The van der Waals surface area contributed by atoms with Crippen molar-refractivity contribution in [2.24, 2.45) is 56.7 Å². The summed E-state index contributed by atoms with van der Waals surface area (Å²) in [6.45, 7) is 21.5. The summed E-state index contributed by atoms with van der Waals surface area (Å²) in [4.78, 5) is 41.1. The van der Waals surface area contributed by atoms with E-state index >= 15 is 0 Å². The molecule has 7 nitrogen and oxygen atoms in total. The van der Waals surface area contributed by atoms with Gasteiger partial charge in [0, 0.05) is 5.54 Å². The molecule has 0 heterocycles. The Hall–Kier alpha value is -0.254. The molecule has 4 saturated carbocycles. The number of hydrogen-bond acceptors (Lipinski definition) is 5. The van der Waals surface area contributed by atoms with Crippen molar-refractivity contribution in [3.8, 4) is 0 Å². The van der Waals surface area contributed by atoms with Gasteiger partial charge in [-0.05, 0) is 130 Å². The van der Waals surface area contributed by atoms with E-state index in [2.05, 4.69) is 59.9 Å². The van der Waals surface area contributed by atoms with Crippen LogP contribution in [0.15, 0.2) is 11.6 Å². The summed E-state index contributed by atoms with van der Waals surface area (Å²) >= 11 is 0. The zero-order chi connectivity index (χ0) is 33.5. The van der Waals surface area contributed by atoms with E-state index in [1.807, 2.05) is 20.8 Å². The molecule has 0 aromatic heterocycles. The van der Waals surface area contributed by atoms with Gasteiger partial charge in [0.25, 0.3) is 0 Å². The number of nitrogens with one attached hydrogen (secondary N) is 1. The zero-order valence-electron chi connectivity index (χ0n) is 30.8. The number of rotatable bonds is 5. The number of aliphatic hydroxyl groups is 1. The fraction of sp³-hybridized carbons (Fsp3) is 0.868. The van der Waals surface area contributed by atoms with Crippen LogP contribution in [-0.4, -0.2) is 52.5 Å². The molecule has 0 unspecified atom stereocenters. The molecule has 5 aliphatic carbocycles. The van der Waals surface area contributed by atoms with E-state index in [1.165, 1.54) is 10.5 Å². The summed E-state index contributed by atoms with van der Waals surface area (Å²) in [5, 5.41) is 25.9. The van der Waals surface area contributed by atoms with Crippen LogP contribution in [-0.2, 0) is 14.4 Å². The SMILES string of the molecule is C[C@H]1[C@H](C)CC[C@]2(C(=O)N(CC(=O)[O-])CC(=O)NC(C)(C)C)CC[C@]3(C)C(=CC[C@@H]4[C@@]5(C)CC[C@H](O)C(C)(C)[C@@H]5CC[C@]43C)[C@H]12.[K+]. The van der Waals surface area contributed by atoms with Gasteiger partial charge in [-0.3, -0.25) is 9.59 Å². The first kappa shape index (κ1) is 38.5. The van der Waals surface area contributed by atoms with Gasteiger partial charge in [0.15, 0.2) is 0 Å². The fourth-order valence-electron chi connectivity index (χ4n) is 12.1. The van der Waals surface area contributed by atoms with E-state index in [0.29, 0.717) is 30.6 Å². The molecular formula is C38H61KN2O5. The standard InChI is InChI=1S/C38H62N2O5.K/c1-23-13-18-38(32(45)40(22-30(43)44)21-29(42)39-33(3,4)5)20-19-36(9)25(31(38)24(23)2)11-12-27-35(8)16-15-28(41)34(6,7)26(35)14-17-37(27,36)10;/h11,23-24,26-28,31,41H,12-22H2,1-10H3,(H,39,42)(H,43,44);/q;+1/p-1/t23-,24+,26+,27-,28+,31+,35+,36-,37-,38+;/m1./s1. The van der Waals surface area contributed by atoms with Crippen molar-refractivity contribution in [1.82, 2.24) is 10.2 Å². The molecule has 8 heteroatoms. The molecule has 0 aromatic rings. The number of fused-ring (bicyclic) bond motifs is 7. The molecule has 0 radical (unpaired) electrons. The van der Waals surface area contributed by atoms with Gasteiger partial charge in [0.2, 0.25) is 11.8 Å². The van der Waals surface area contributed by atoms with Crippen molar-refractivity contribution in [3.63, 3.8) is 0 Å². The molecule has 4 fully saturated rings. The van der Waals surface area contributed by atoms with Crippen molar-refractivity contribution < 1.29 is 76.0 Å². The molecule has 5 rings (SSSR count). The Morgan fingerprint density at radius 2 is 1.59 bits per heavy atom. The van der Waals surface area contributed by atoms with E-state index in [0.717, 1.165) is 44.9 Å². The second-order valence-corrected chi connectivity index (χ2v) is 18.5. The Bertz CT molecular complexity index is 1260. The average molecular weight is 665 g/mol. The van der Waals surface area contributed by atoms with Crippen molar-refractivity contribution >= 4 is 17.8 Å². The van der Waals surface area contributed by atoms with Gasteiger partial charge < -0.3 is 25.2 Å². The summed E-state index contributed by atoms with van der Waals surface area (Å²) < 4.78 is 0. The van der Waals surface area contributed by atoms with Crippen molar-refractivity contribution in [3.05, 3.63) is 11.6 Å². The van der Waals surface area contributed by atoms with Crippen molar-refractivity contribution in [2.75, 3.05) is 13.1 Å². The first-order valence-electron chi connectivity index (χ1n) is 17.8. The second kappa shape index (κ2) is 12.8. The topological polar surface area (TPSA) is 110 Å². The third-order valence-corrected chi connectivity index (χ3v) is 14.9. The number of nitrogens with zero attached hydrogens (tertiary/aromatic N) is 1. The Morgan fingerprint density at radius 3 is 2.20 bits per heavy atom. The van der Waals surface area contributed by atoms with Crippen LogP contribution < -0.4 is 61.8 Å². The van der Waals surface area contributed by atoms with Gasteiger partial charge in [-0.1, -0.05) is 60.1 Å². The van der Waals surface area contributed by atoms with E-state index in [-0.39, 0.29) is 109 Å². The number of hydrogen-bond donors (Lipinski definition) is 2. The van der Waals surface area contributed by atoms with Crippen LogP contribution in [0.25, 0.3) is 0 Å². The van der Waals surface area contributed by atoms with Crippen molar-refractivity contribution in [1.29, 1.82) is 0 Å². The molecule has 5 aliphatic rings. The van der Waals surface area contributed by atoms with Crippen LogP contribution in [0, 0.1) is 56.7 Å². The summed E-state index contributed by atoms with van der Waals surface area (Å²) in [5.41, 5.74) is 0.223. The van der Waals surface area contributed by atoms with Gasteiger partial charge >= 0.3 is 51.4 Å². The quantitative estimate of drug-likeness (QED) is 0.347. The van der Waals surface area contributed by atoms with Gasteiger partial charge in [0.05, 0.1) is 30.6 Å². The number of carbonyl (C=O) groups excluding carboxylic acids is 3. The van der Waals surface area contributed by atoms with Gasteiger partial charge in [-0.2, -0.15) is 0 Å². The number of carbonyl (C=O) groups is 3. The van der Waals surface area contributed by atoms with Crippen LogP contribution in [0.5, 0.6) is 0 Å². The minimum Gasteiger partial charge on any atom is -0.548 e. The first-order chi connectivity index (χ1) is 20.6. The monoisotopic (exact) mass is 664 g/mol. The zero-order valence-corrected chi connectivity index (χ0v) is 34.0. The number of aliphatic hydroxyl groups excluding tert-OH is 1. The Balaban J connectivity index is 0.00000480. The van der Waals surface area contributed by atoms with E-state index in [9.17, 15) is 24.6 Å². The van der Waals surface area contributed by atoms with Gasteiger partial charge in [-0.15, -0.1) is 0 Å². The third-order valence-electron chi connectivity index (χ3n) is 14.9. The predicted molar refractivity (Wildman–Crippen MR) is 174 cm³/mol. The summed E-state index contributed by atoms with van der Waals surface area (Å²) in [6, 6.07) is 0. The first-order valence-corrected chi connectivity index (χ1v) is 17.8. The van der Waals surface area contributed by atoms with Crippen molar-refractivity contribution in [2.45, 2.75) is 139 Å². The smallest absolute Gasteiger partial charge is 0.548 e. The van der Waals surface area contributed by atoms with Crippen LogP contribution in [0.4, 0.5) is 0 Å². The maximum absolute atomic E-state index is 14.8. The molecule has 10 atom stereocenters. The second-order valence-electron chi connectivity index (χ2n) is 18.5. The van der Waals surface area contributed by atoms with Crippen LogP contribution in [0.1, 0.15) is 127 Å². The molecule has 0 saturated heterocycles. The molecule has 2 N–H and O–H groups in total. The predicted octanol–water partition coefficient (Wildman–Crippen LogP) is 2.50. The summed E-state index contributed by atoms with van der Waals surface area (Å²) in [5.74, 6) is -0.185. The Morgan fingerprint density at radius 1 is 0.935 bits per heavy atom. The molecular weight excluding hydrogens is 604 g/mol. The molecule has 0 spiro atoms. The number of carboxylic acids is 1. The minimum atomic E-state index is -1.34. The summed E-state index contributed by atoms with van der Waals surface area (Å²) in [6.07, 6.45) is 10.6. The van der Waals surface area contributed by atoms with E-state index in [1.54, 1.807) is 0 Å². The number of amides is 2. The largest absolute Gasteiger partial charge is 1.00 e. The molecule has 254 valence electrons. The molecule has 0 aromatic carbocycles. The number of carboxylic acid groups (broad SMARTS) is 1. The molecule has 46 heavy (non-hydrogen) atoms. The fourth-order valence-corrected chi connectivity index (χ4v) is 12.1. The van der Waals surface area contributed by atoms with E-state index < -0.39 is 23.5 Å². The van der Waals surface area contributed by atoms with Crippen LogP contribution in [0.2, 0.25) is 0 Å². The average Bonchev–Trinajstić information content (AvgIpc) is 2.91. The van der Waals surface area contributed by atoms with Gasteiger partial charge in [0.1, 0.15) is 0 Å².